The number of methoxy groups -OCH3 is 1. The normalized spacial score (nSPS) is 10.4. The molecule has 0 atom stereocenters. The summed E-state index contributed by atoms with van der Waals surface area (Å²) in [6, 6.07) is 14.1. The second-order valence-electron chi connectivity index (χ2n) is 6.06. The van der Waals surface area contributed by atoms with Gasteiger partial charge in [0.25, 0.3) is 0 Å². The fourth-order valence-corrected chi connectivity index (χ4v) is 2.93. The van der Waals surface area contributed by atoms with Crippen molar-refractivity contribution in [1.29, 1.82) is 0 Å². The van der Waals surface area contributed by atoms with Crippen LogP contribution in [0.3, 0.4) is 0 Å². The van der Waals surface area contributed by atoms with Crippen molar-refractivity contribution in [2.24, 2.45) is 0 Å². The van der Waals surface area contributed by atoms with E-state index in [1.54, 1.807) is 24.3 Å². The summed E-state index contributed by atoms with van der Waals surface area (Å²) < 4.78 is 10.3. The zero-order valence-corrected chi connectivity index (χ0v) is 16.7. The highest BCUT2D eigenvalue weighted by Gasteiger charge is 2.11. The lowest BCUT2D eigenvalue weighted by molar-refractivity contribution is -0.139. The topological polar surface area (TPSA) is 89.5 Å². The third-order valence-electron chi connectivity index (χ3n) is 4.07. The van der Waals surface area contributed by atoms with Crippen molar-refractivity contribution >= 4 is 40.2 Å². The van der Waals surface area contributed by atoms with E-state index in [1.165, 1.54) is 7.11 Å². The summed E-state index contributed by atoms with van der Waals surface area (Å²) in [5, 5.41) is 6.48. The molecule has 8 heteroatoms. The Morgan fingerprint density at radius 2 is 1.97 bits per heavy atom. The summed E-state index contributed by atoms with van der Waals surface area (Å²) in [5.41, 5.74) is 2.87. The number of halogens is 1. The number of nitrogens with one attached hydrogen (secondary N) is 2. The molecule has 0 aliphatic carbocycles. The Morgan fingerprint density at radius 1 is 1.14 bits per heavy atom. The van der Waals surface area contributed by atoms with E-state index >= 15 is 0 Å². The van der Waals surface area contributed by atoms with Gasteiger partial charge >= 0.3 is 12.0 Å². The first-order chi connectivity index (χ1) is 14.0. The molecule has 3 rings (SSSR count). The maximum atomic E-state index is 12.0. The summed E-state index contributed by atoms with van der Waals surface area (Å²) >= 11 is 6.10. The van der Waals surface area contributed by atoms with Crippen LogP contribution in [-0.4, -0.2) is 37.2 Å². The van der Waals surface area contributed by atoms with Crippen molar-refractivity contribution in [3.63, 3.8) is 0 Å². The Hall–Kier alpha value is -3.32. The van der Waals surface area contributed by atoms with Crippen LogP contribution in [0.4, 0.5) is 10.5 Å². The molecule has 2 amide bonds. The lowest BCUT2D eigenvalue weighted by Gasteiger charge is -2.12. The van der Waals surface area contributed by atoms with Gasteiger partial charge in [0.1, 0.15) is 12.3 Å². The fourth-order valence-electron chi connectivity index (χ4n) is 2.74. The van der Waals surface area contributed by atoms with Gasteiger partial charge in [-0.25, -0.2) is 9.78 Å². The second kappa shape index (κ2) is 9.25. The summed E-state index contributed by atoms with van der Waals surface area (Å²) in [6.45, 7) is 2.16. The van der Waals surface area contributed by atoms with Gasteiger partial charge in [0, 0.05) is 27.7 Å². The molecule has 7 nitrogen and oxygen atoms in total. The number of ether oxygens (including phenoxy) is 2. The minimum atomic E-state index is -0.532. The van der Waals surface area contributed by atoms with Crippen LogP contribution < -0.4 is 15.4 Å². The van der Waals surface area contributed by atoms with Crippen LogP contribution >= 0.6 is 11.6 Å². The number of esters is 1. The molecule has 3 aromatic rings. The number of nitrogens with zero attached hydrogens (tertiary/aromatic N) is 1. The van der Waals surface area contributed by atoms with Crippen molar-refractivity contribution in [3.8, 4) is 17.0 Å². The predicted octanol–water partition coefficient (Wildman–Crippen LogP) is 4.25. The summed E-state index contributed by atoms with van der Waals surface area (Å²) in [4.78, 5) is 27.8. The molecule has 0 bridgehead atoms. The van der Waals surface area contributed by atoms with Crippen LogP contribution in [0.15, 0.2) is 48.5 Å². The Morgan fingerprint density at radius 3 is 2.69 bits per heavy atom. The van der Waals surface area contributed by atoms with Gasteiger partial charge in [0.05, 0.1) is 24.9 Å². The van der Waals surface area contributed by atoms with Crippen LogP contribution in [0.25, 0.3) is 22.2 Å². The van der Waals surface area contributed by atoms with E-state index in [9.17, 15) is 9.59 Å². The zero-order valence-electron chi connectivity index (χ0n) is 16.0. The molecule has 0 fully saturated rings. The first kappa shape index (κ1) is 20.4. The number of urea groups is 1. The van der Waals surface area contributed by atoms with Crippen molar-refractivity contribution < 1.29 is 19.1 Å². The smallest absolute Gasteiger partial charge is 0.325 e. The van der Waals surface area contributed by atoms with Crippen molar-refractivity contribution in [2.45, 2.75) is 6.92 Å². The summed E-state index contributed by atoms with van der Waals surface area (Å²) in [6.07, 6.45) is 0. The molecule has 0 saturated heterocycles. The van der Waals surface area contributed by atoms with E-state index in [2.05, 4.69) is 15.4 Å². The van der Waals surface area contributed by atoms with Crippen LogP contribution in [-0.2, 0) is 9.53 Å². The molecule has 0 spiro atoms. The standard InChI is InChI=1S/C21H20ClN3O4/c1-3-29-19-11-18(13-5-4-6-14(22)9-13)25-17-8-7-15(10-16(17)19)24-21(27)23-12-20(26)28-2/h4-11H,3,12H2,1-2H3,(H2,23,24,27). The molecular weight excluding hydrogens is 394 g/mol. The van der Waals surface area contributed by atoms with Crippen molar-refractivity contribution in [3.05, 3.63) is 53.6 Å². The number of aromatic nitrogens is 1. The van der Waals surface area contributed by atoms with Gasteiger partial charge in [0.2, 0.25) is 0 Å². The summed E-state index contributed by atoms with van der Waals surface area (Å²) in [5.74, 6) is 0.112. The highest BCUT2D eigenvalue weighted by atomic mass is 35.5. The molecule has 2 aromatic carbocycles. The van der Waals surface area contributed by atoms with Gasteiger partial charge in [-0.05, 0) is 37.3 Å². The average Bonchev–Trinajstić information content (AvgIpc) is 2.72. The van der Waals surface area contributed by atoms with Gasteiger partial charge in [0.15, 0.2) is 0 Å². The maximum absolute atomic E-state index is 12.0. The minimum absolute atomic E-state index is 0.218. The van der Waals surface area contributed by atoms with Gasteiger partial charge in [-0.1, -0.05) is 23.7 Å². The number of pyridine rings is 1. The number of hydrogen-bond acceptors (Lipinski definition) is 5. The van der Waals surface area contributed by atoms with E-state index in [0.29, 0.717) is 28.6 Å². The first-order valence-corrected chi connectivity index (χ1v) is 9.33. The highest BCUT2D eigenvalue weighted by Crippen LogP contribution is 2.32. The van der Waals surface area contributed by atoms with Crippen LogP contribution in [0, 0.1) is 0 Å². The molecule has 0 radical (unpaired) electrons. The number of rotatable bonds is 6. The number of carbonyl (C=O) groups is 2. The molecule has 150 valence electrons. The number of benzene rings is 2. The van der Waals surface area contributed by atoms with E-state index < -0.39 is 12.0 Å². The van der Waals surface area contributed by atoms with E-state index in [4.69, 9.17) is 21.3 Å². The van der Waals surface area contributed by atoms with E-state index in [1.807, 2.05) is 31.2 Å². The lowest BCUT2D eigenvalue weighted by Crippen LogP contribution is -2.33. The van der Waals surface area contributed by atoms with Gasteiger partial charge in [-0.15, -0.1) is 0 Å². The number of fused-ring (bicyclic) bond motifs is 1. The van der Waals surface area contributed by atoms with E-state index in [-0.39, 0.29) is 6.54 Å². The molecule has 0 aliphatic rings. The summed E-state index contributed by atoms with van der Waals surface area (Å²) in [7, 11) is 1.26. The van der Waals surface area contributed by atoms with Gasteiger partial charge in [-0.3, -0.25) is 4.79 Å². The molecule has 1 aromatic heterocycles. The van der Waals surface area contributed by atoms with Crippen LogP contribution in [0.2, 0.25) is 5.02 Å². The van der Waals surface area contributed by atoms with Gasteiger partial charge < -0.3 is 20.1 Å². The molecule has 0 saturated carbocycles. The van der Waals surface area contributed by atoms with Gasteiger partial charge in [-0.2, -0.15) is 0 Å². The number of carbonyl (C=O) groups excluding carboxylic acids is 2. The SMILES string of the molecule is CCOc1cc(-c2cccc(Cl)c2)nc2ccc(NC(=O)NCC(=O)OC)cc12. The molecule has 2 N–H and O–H groups in total. The third-order valence-corrected chi connectivity index (χ3v) is 4.30. The van der Waals surface area contributed by atoms with Crippen molar-refractivity contribution in [1.82, 2.24) is 10.3 Å². The Balaban J connectivity index is 1.91. The average molecular weight is 414 g/mol. The third kappa shape index (κ3) is 5.14. The molecule has 29 heavy (non-hydrogen) atoms. The maximum Gasteiger partial charge on any atom is 0.325 e. The molecule has 0 aliphatic heterocycles. The monoisotopic (exact) mass is 413 g/mol. The molecule has 0 unspecified atom stereocenters. The lowest BCUT2D eigenvalue weighted by atomic mass is 10.1. The fraction of sp³-hybridized carbons (Fsp3) is 0.190. The largest absolute Gasteiger partial charge is 0.493 e. The highest BCUT2D eigenvalue weighted by molar-refractivity contribution is 6.30. The zero-order chi connectivity index (χ0) is 20.8. The Bertz CT molecular complexity index is 1060. The first-order valence-electron chi connectivity index (χ1n) is 8.95. The molecular formula is C21H20ClN3O4. The van der Waals surface area contributed by atoms with Crippen LogP contribution in [0.1, 0.15) is 6.92 Å². The Labute approximate surface area is 173 Å². The van der Waals surface area contributed by atoms with E-state index in [0.717, 1.165) is 16.6 Å². The van der Waals surface area contributed by atoms with Crippen molar-refractivity contribution in [2.75, 3.05) is 25.6 Å². The number of amides is 2. The Kier molecular flexibility index (Phi) is 6.51. The number of anilines is 1. The van der Waals surface area contributed by atoms with Crippen LogP contribution in [0.5, 0.6) is 5.75 Å². The second-order valence-corrected chi connectivity index (χ2v) is 6.50. The minimum Gasteiger partial charge on any atom is -0.493 e. The quantitative estimate of drug-likeness (QED) is 0.590. The number of hydrogen-bond donors (Lipinski definition) is 2. The predicted molar refractivity (Wildman–Crippen MR) is 112 cm³/mol. The molecule has 1 heterocycles.